The summed E-state index contributed by atoms with van der Waals surface area (Å²) in [5.74, 6) is -0.136. The fourth-order valence-electron chi connectivity index (χ4n) is 1.59. The van der Waals surface area contributed by atoms with Gasteiger partial charge in [-0.25, -0.2) is 0 Å². The molecular formula is C15H17N3O3S3. The van der Waals surface area contributed by atoms with Crippen LogP contribution in [0.5, 0.6) is 0 Å². The zero-order valence-corrected chi connectivity index (χ0v) is 15.7. The fraction of sp³-hybridized carbons (Fsp3) is 0.333. The van der Waals surface area contributed by atoms with Crippen molar-refractivity contribution in [2.24, 2.45) is 0 Å². The van der Waals surface area contributed by atoms with Gasteiger partial charge in [-0.3, -0.25) is 14.9 Å². The van der Waals surface area contributed by atoms with E-state index < -0.39 is 0 Å². The lowest BCUT2D eigenvalue weighted by Gasteiger charge is -2.06. The number of hydrogen-bond acceptors (Lipinski definition) is 8. The minimum absolute atomic E-state index is 0.144. The van der Waals surface area contributed by atoms with E-state index in [2.05, 4.69) is 15.5 Å². The van der Waals surface area contributed by atoms with Crippen molar-refractivity contribution in [3.8, 4) is 0 Å². The van der Waals surface area contributed by atoms with E-state index in [-0.39, 0.29) is 17.1 Å². The number of anilines is 1. The van der Waals surface area contributed by atoms with Crippen molar-refractivity contribution in [1.29, 1.82) is 0 Å². The van der Waals surface area contributed by atoms with Crippen LogP contribution < -0.4 is 5.32 Å². The molecule has 1 heterocycles. The minimum Gasteiger partial charge on any atom is -0.465 e. The van der Waals surface area contributed by atoms with Crippen molar-refractivity contribution < 1.29 is 14.3 Å². The molecule has 0 aliphatic heterocycles. The van der Waals surface area contributed by atoms with Crippen molar-refractivity contribution in [2.45, 2.75) is 28.3 Å². The maximum Gasteiger partial charge on any atom is 0.319 e. The summed E-state index contributed by atoms with van der Waals surface area (Å²) in [7, 11) is 0. The van der Waals surface area contributed by atoms with Gasteiger partial charge >= 0.3 is 5.97 Å². The van der Waals surface area contributed by atoms with E-state index in [1.807, 2.05) is 30.3 Å². The SMILES string of the molecule is CCOC(=O)C(C)Sc1nnc(NC(=O)CSc2ccccc2)s1. The van der Waals surface area contributed by atoms with Gasteiger partial charge in [0.1, 0.15) is 5.25 Å². The topological polar surface area (TPSA) is 81.2 Å². The summed E-state index contributed by atoms with van der Waals surface area (Å²) in [6, 6.07) is 9.70. The third-order valence-corrected chi connectivity index (χ3v) is 5.68. The van der Waals surface area contributed by atoms with Crippen molar-refractivity contribution in [1.82, 2.24) is 10.2 Å². The second-order valence-corrected chi connectivity index (χ2v) is 8.15. The molecule has 0 fully saturated rings. The quantitative estimate of drug-likeness (QED) is 0.425. The summed E-state index contributed by atoms with van der Waals surface area (Å²) in [5, 5.41) is 10.7. The molecule has 2 aromatic rings. The van der Waals surface area contributed by atoms with Crippen LogP contribution in [0, 0.1) is 0 Å². The number of amides is 1. The molecule has 24 heavy (non-hydrogen) atoms. The highest BCUT2D eigenvalue weighted by atomic mass is 32.2. The standard InChI is InChI=1S/C15H17N3O3S3/c1-3-21-13(20)10(2)23-15-18-17-14(24-15)16-12(19)9-22-11-7-5-4-6-8-11/h4-8,10H,3,9H2,1-2H3,(H,16,17,19). The van der Waals surface area contributed by atoms with E-state index in [1.54, 1.807) is 13.8 Å². The molecule has 0 saturated carbocycles. The van der Waals surface area contributed by atoms with Gasteiger partial charge in [-0.1, -0.05) is 41.3 Å². The van der Waals surface area contributed by atoms with Crippen LogP contribution in [-0.2, 0) is 14.3 Å². The lowest BCUT2D eigenvalue weighted by Crippen LogP contribution is -2.16. The monoisotopic (exact) mass is 383 g/mol. The van der Waals surface area contributed by atoms with Gasteiger partial charge in [0.2, 0.25) is 11.0 Å². The number of aromatic nitrogens is 2. The average molecular weight is 384 g/mol. The van der Waals surface area contributed by atoms with Crippen LogP contribution >= 0.6 is 34.9 Å². The van der Waals surface area contributed by atoms with Gasteiger partial charge in [0.05, 0.1) is 12.4 Å². The van der Waals surface area contributed by atoms with Gasteiger partial charge in [-0.2, -0.15) is 0 Å². The van der Waals surface area contributed by atoms with E-state index in [9.17, 15) is 9.59 Å². The number of rotatable bonds is 8. The number of nitrogens with zero attached hydrogens (tertiary/aromatic N) is 2. The maximum atomic E-state index is 11.9. The Morgan fingerprint density at radius 3 is 2.75 bits per heavy atom. The number of carbonyl (C=O) groups is 2. The molecule has 0 aliphatic carbocycles. The molecule has 9 heteroatoms. The summed E-state index contributed by atoms with van der Waals surface area (Å²) >= 11 is 3.95. The molecule has 2 rings (SSSR count). The molecule has 0 bridgehead atoms. The van der Waals surface area contributed by atoms with Crippen LogP contribution in [0.3, 0.4) is 0 Å². The summed E-state index contributed by atoms with van der Waals surface area (Å²) in [5.41, 5.74) is 0. The van der Waals surface area contributed by atoms with Crippen molar-refractivity contribution in [2.75, 3.05) is 17.7 Å². The first-order chi connectivity index (χ1) is 11.6. The van der Waals surface area contributed by atoms with Gasteiger partial charge in [-0.05, 0) is 26.0 Å². The van der Waals surface area contributed by atoms with Crippen LogP contribution in [0.25, 0.3) is 0 Å². The molecule has 0 spiro atoms. The van der Waals surface area contributed by atoms with Crippen molar-refractivity contribution >= 4 is 51.9 Å². The van der Waals surface area contributed by atoms with Gasteiger partial charge in [-0.15, -0.1) is 22.0 Å². The number of nitrogens with one attached hydrogen (secondary N) is 1. The zero-order chi connectivity index (χ0) is 17.4. The molecule has 1 amide bonds. The van der Waals surface area contributed by atoms with Gasteiger partial charge in [0.15, 0.2) is 4.34 Å². The van der Waals surface area contributed by atoms with Gasteiger partial charge in [0, 0.05) is 4.90 Å². The highest BCUT2D eigenvalue weighted by Gasteiger charge is 2.18. The molecule has 0 radical (unpaired) electrons. The Bertz CT molecular complexity index is 679. The van der Waals surface area contributed by atoms with Crippen molar-refractivity contribution in [3.63, 3.8) is 0 Å². The molecule has 0 aliphatic rings. The van der Waals surface area contributed by atoms with E-state index in [4.69, 9.17) is 4.74 Å². The van der Waals surface area contributed by atoms with Crippen LogP contribution in [0.4, 0.5) is 5.13 Å². The first kappa shape index (κ1) is 18.8. The number of carbonyl (C=O) groups excluding carboxylic acids is 2. The lowest BCUT2D eigenvalue weighted by molar-refractivity contribution is -0.142. The Labute approximate surface area is 152 Å². The normalized spacial score (nSPS) is 11.8. The van der Waals surface area contributed by atoms with Crippen LogP contribution in [-0.4, -0.2) is 39.7 Å². The lowest BCUT2D eigenvalue weighted by atomic mass is 10.4. The van der Waals surface area contributed by atoms with Crippen molar-refractivity contribution in [3.05, 3.63) is 30.3 Å². The average Bonchev–Trinajstić information content (AvgIpc) is 3.01. The fourth-order valence-corrected chi connectivity index (χ4v) is 4.22. The second kappa shape index (κ2) is 9.65. The molecule has 1 aromatic carbocycles. The summed E-state index contributed by atoms with van der Waals surface area (Å²) in [6.45, 7) is 3.86. The van der Waals surface area contributed by atoms with E-state index >= 15 is 0 Å². The van der Waals surface area contributed by atoms with Gasteiger partial charge < -0.3 is 4.74 Å². The number of benzene rings is 1. The molecule has 1 N–H and O–H groups in total. The van der Waals surface area contributed by atoms with E-state index in [1.165, 1.54) is 34.9 Å². The molecule has 128 valence electrons. The molecule has 0 saturated heterocycles. The van der Waals surface area contributed by atoms with Crippen LogP contribution in [0.15, 0.2) is 39.6 Å². The number of esters is 1. The third kappa shape index (κ3) is 6.14. The Balaban J connectivity index is 1.80. The highest BCUT2D eigenvalue weighted by Crippen LogP contribution is 2.29. The van der Waals surface area contributed by atoms with E-state index in [0.29, 0.717) is 21.8 Å². The molecule has 1 unspecified atom stereocenters. The summed E-state index contributed by atoms with van der Waals surface area (Å²) < 4.78 is 5.56. The predicted molar refractivity (Wildman–Crippen MR) is 97.7 cm³/mol. The predicted octanol–water partition coefficient (Wildman–Crippen LogP) is 3.31. The molecule has 1 atom stereocenters. The largest absolute Gasteiger partial charge is 0.465 e. The first-order valence-corrected chi connectivity index (χ1v) is 9.91. The summed E-state index contributed by atoms with van der Waals surface area (Å²) in [6.07, 6.45) is 0. The Morgan fingerprint density at radius 2 is 2.04 bits per heavy atom. The molecule has 6 nitrogen and oxygen atoms in total. The van der Waals surface area contributed by atoms with E-state index in [0.717, 1.165) is 4.90 Å². The minimum atomic E-state index is -0.366. The maximum absolute atomic E-state index is 11.9. The first-order valence-electron chi connectivity index (χ1n) is 7.23. The molecule has 1 aromatic heterocycles. The third-order valence-electron chi connectivity index (χ3n) is 2.66. The number of thioether (sulfide) groups is 2. The number of hydrogen-bond donors (Lipinski definition) is 1. The second-order valence-electron chi connectivity index (χ2n) is 4.54. The Hall–Kier alpha value is -1.58. The number of ether oxygens (including phenoxy) is 1. The Kier molecular flexibility index (Phi) is 7.54. The summed E-state index contributed by atoms with van der Waals surface area (Å²) in [4.78, 5) is 24.6. The molecular weight excluding hydrogens is 366 g/mol. The van der Waals surface area contributed by atoms with Crippen LogP contribution in [0.2, 0.25) is 0 Å². The van der Waals surface area contributed by atoms with Gasteiger partial charge in [0.25, 0.3) is 0 Å². The Morgan fingerprint density at radius 1 is 1.29 bits per heavy atom. The highest BCUT2D eigenvalue weighted by molar-refractivity contribution is 8.02. The van der Waals surface area contributed by atoms with Crippen LogP contribution in [0.1, 0.15) is 13.8 Å². The smallest absolute Gasteiger partial charge is 0.319 e. The zero-order valence-electron chi connectivity index (χ0n) is 13.2.